The molecule has 24 heavy (non-hydrogen) atoms. The van der Waals surface area contributed by atoms with E-state index in [2.05, 4.69) is 41.5 Å². The summed E-state index contributed by atoms with van der Waals surface area (Å²) in [5.41, 5.74) is 0. The van der Waals surface area contributed by atoms with Gasteiger partial charge in [0.1, 0.15) is 30.3 Å². The topological polar surface area (TPSA) is 147 Å². The molecule has 2 aliphatic heterocycles. The number of thioether (sulfide) groups is 1. The molecule has 0 saturated carbocycles. The van der Waals surface area contributed by atoms with Gasteiger partial charge in [-0.05, 0) is 24.3 Å². The molecule has 2 aromatic rings. The summed E-state index contributed by atoms with van der Waals surface area (Å²) in [5, 5.41) is 27.2. The van der Waals surface area contributed by atoms with Gasteiger partial charge in [0.15, 0.2) is 5.82 Å². The molecule has 3 atom stereocenters. The van der Waals surface area contributed by atoms with Crippen LogP contribution in [0.3, 0.4) is 0 Å². The van der Waals surface area contributed by atoms with Crippen LogP contribution in [0.1, 0.15) is 25.7 Å². The van der Waals surface area contributed by atoms with E-state index < -0.39 is 6.04 Å². The number of aromatic nitrogens is 8. The Kier molecular flexibility index (Phi) is 3.26. The van der Waals surface area contributed by atoms with E-state index in [-0.39, 0.29) is 34.5 Å². The average molecular weight is 350 g/mol. The molecule has 2 amide bonds. The summed E-state index contributed by atoms with van der Waals surface area (Å²) in [4.78, 5) is 26.3. The molecule has 4 rings (SSSR count). The van der Waals surface area contributed by atoms with Gasteiger partial charge in [-0.2, -0.15) is 5.21 Å². The lowest BCUT2D eigenvalue weighted by Crippen LogP contribution is -2.68. The molecule has 0 bridgehead atoms. The number of tetrazole rings is 2. The third-order valence-electron chi connectivity index (χ3n) is 4.06. The fraction of sp³-hybridized carbons (Fsp3) is 0.636. The maximum absolute atomic E-state index is 12.5. The number of H-pyrrole nitrogens is 1. The number of carbonyl (C=O) groups is 2. The van der Waals surface area contributed by atoms with Gasteiger partial charge in [-0.15, -0.1) is 27.1 Å². The van der Waals surface area contributed by atoms with E-state index >= 15 is 0 Å². The van der Waals surface area contributed by atoms with Crippen LogP contribution < -0.4 is 5.32 Å². The Labute approximate surface area is 139 Å². The second-order valence-corrected chi connectivity index (χ2v) is 7.85. The van der Waals surface area contributed by atoms with Crippen LogP contribution in [0.15, 0.2) is 6.33 Å². The Morgan fingerprint density at radius 3 is 3.00 bits per heavy atom. The highest BCUT2D eigenvalue weighted by atomic mass is 32.2. The molecule has 4 heterocycles. The maximum Gasteiger partial charge on any atom is 0.249 e. The first kappa shape index (κ1) is 15.0. The lowest BCUT2D eigenvalue weighted by Gasteiger charge is -2.44. The van der Waals surface area contributed by atoms with Crippen LogP contribution in [0.2, 0.25) is 0 Å². The monoisotopic (exact) mass is 350 g/mol. The molecule has 0 aliphatic carbocycles. The van der Waals surface area contributed by atoms with E-state index in [9.17, 15) is 9.59 Å². The quantitative estimate of drug-likeness (QED) is 0.603. The third-order valence-corrected chi connectivity index (χ3v) is 5.63. The highest BCUT2D eigenvalue weighted by molar-refractivity contribution is 8.01. The Balaban J connectivity index is 1.48. The lowest BCUT2D eigenvalue weighted by atomic mass is 9.95. The van der Waals surface area contributed by atoms with Gasteiger partial charge in [-0.3, -0.25) is 9.59 Å². The van der Waals surface area contributed by atoms with Crippen molar-refractivity contribution in [3.8, 4) is 0 Å². The van der Waals surface area contributed by atoms with Gasteiger partial charge in [0.2, 0.25) is 11.8 Å². The van der Waals surface area contributed by atoms with Crippen molar-refractivity contribution in [2.45, 2.75) is 42.6 Å². The molecule has 12 nitrogen and oxygen atoms in total. The minimum Gasteiger partial charge on any atom is -0.340 e. The number of aromatic amines is 1. The number of hydrogen-bond acceptors (Lipinski definition) is 9. The van der Waals surface area contributed by atoms with Gasteiger partial charge < -0.3 is 10.2 Å². The largest absolute Gasteiger partial charge is 0.340 e. The number of nitrogens with one attached hydrogen (secondary N) is 2. The van der Waals surface area contributed by atoms with Gasteiger partial charge in [0, 0.05) is 4.75 Å². The highest BCUT2D eigenvalue weighted by Crippen LogP contribution is 2.56. The molecular weight excluding hydrogens is 336 g/mol. The van der Waals surface area contributed by atoms with Gasteiger partial charge in [-0.25, -0.2) is 4.68 Å². The minimum absolute atomic E-state index is 0.0359. The molecule has 126 valence electrons. The fourth-order valence-corrected chi connectivity index (χ4v) is 4.70. The highest BCUT2D eigenvalue weighted by Gasteiger charge is 2.63. The Morgan fingerprint density at radius 1 is 1.50 bits per heavy atom. The Morgan fingerprint density at radius 2 is 2.33 bits per heavy atom. The second-order valence-electron chi connectivity index (χ2n) is 6.08. The first-order valence-electron chi connectivity index (χ1n) is 7.21. The van der Waals surface area contributed by atoms with Crippen molar-refractivity contribution in [3.63, 3.8) is 0 Å². The van der Waals surface area contributed by atoms with Crippen molar-refractivity contribution in [2.24, 2.45) is 0 Å². The van der Waals surface area contributed by atoms with Gasteiger partial charge in [0.05, 0.1) is 0 Å². The predicted octanol–water partition coefficient (Wildman–Crippen LogP) is -1.89. The Hall–Kier alpha value is -2.57. The average Bonchev–Trinajstić information content (AvgIpc) is 3.24. The van der Waals surface area contributed by atoms with Crippen LogP contribution in [-0.4, -0.2) is 73.7 Å². The van der Waals surface area contributed by atoms with Gasteiger partial charge in [-0.1, -0.05) is 5.21 Å². The summed E-state index contributed by atoms with van der Waals surface area (Å²) >= 11 is 1.61. The van der Waals surface area contributed by atoms with E-state index in [1.807, 2.05) is 13.8 Å². The number of β-lactam (4-membered cyclic amide) rings is 1. The number of hydrogen-bond donors (Lipinski definition) is 2. The molecule has 13 heteroatoms. The molecule has 2 aliphatic rings. The fourth-order valence-electron chi connectivity index (χ4n) is 3.07. The molecule has 2 unspecified atom stereocenters. The third kappa shape index (κ3) is 2.23. The zero-order chi connectivity index (χ0) is 16.9. The number of rotatable bonds is 4. The lowest BCUT2D eigenvalue weighted by molar-refractivity contribution is -0.151. The van der Waals surface area contributed by atoms with Crippen LogP contribution in [0.4, 0.5) is 0 Å². The molecular formula is C11H14N10O2S. The summed E-state index contributed by atoms with van der Waals surface area (Å²) in [6, 6.07) is -0.860. The summed E-state index contributed by atoms with van der Waals surface area (Å²) in [5.74, 6) is 0.00136. The van der Waals surface area contributed by atoms with Crippen LogP contribution >= 0.6 is 11.8 Å². The normalized spacial score (nSPS) is 27.7. The number of fused-ring (bicyclic) bond motifs is 1. The van der Waals surface area contributed by atoms with Gasteiger partial charge >= 0.3 is 0 Å². The molecule has 0 spiro atoms. The SMILES string of the molecule is CC1(C)S[C@@H]2C(NC(=O)Cn3cnnn3)C(=O)N2C1c1nn[nH]n1. The molecule has 0 aromatic carbocycles. The molecule has 2 fully saturated rings. The minimum atomic E-state index is -0.574. The van der Waals surface area contributed by atoms with Gasteiger partial charge in [0.25, 0.3) is 0 Å². The van der Waals surface area contributed by atoms with Crippen LogP contribution in [0, 0.1) is 0 Å². The van der Waals surface area contributed by atoms with E-state index in [0.29, 0.717) is 5.82 Å². The predicted molar refractivity (Wildman–Crippen MR) is 79.0 cm³/mol. The maximum atomic E-state index is 12.5. The molecule has 2 N–H and O–H groups in total. The van der Waals surface area contributed by atoms with Crippen LogP contribution in [0.25, 0.3) is 0 Å². The first-order chi connectivity index (χ1) is 11.5. The Bertz CT molecular complexity index is 760. The molecule has 0 radical (unpaired) electrons. The van der Waals surface area contributed by atoms with Crippen LogP contribution in [-0.2, 0) is 16.1 Å². The zero-order valence-electron chi connectivity index (χ0n) is 12.8. The second kappa shape index (κ2) is 5.22. The number of carbonyl (C=O) groups excluding carboxylic acids is 2. The van der Waals surface area contributed by atoms with Crippen molar-refractivity contribution >= 4 is 23.6 Å². The zero-order valence-corrected chi connectivity index (χ0v) is 13.6. The summed E-state index contributed by atoms with van der Waals surface area (Å²) in [7, 11) is 0. The number of amides is 2. The first-order valence-corrected chi connectivity index (χ1v) is 8.09. The van der Waals surface area contributed by atoms with E-state index in [0.717, 1.165) is 0 Å². The van der Waals surface area contributed by atoms with E-state index in [1.54, 1.807) is 16.7 Å². The van der Waals surface area contributed by atoms with Crippen LogP contribution in [0.5, 0.6) is 0 Å². The molecule has 2 aromatic heterocycles. The van der Waals surface area contributed by atoms with Crippen molar-refractivity contribution < 1.29 is 9.59 Å². The smallest absolute Gasteiger partial charge is 0.249 e. The molecule has 2 saturated heterocycles. The van der Waals surface area contributed by atoms with E-state index in [4.69, 9.17) is 0 Å². The summed E-state index contributed by atoms with van der Waals surface area (Å²) < 4.78 is 1.00. The summed E-state index contributed by atoms with van der Waals surface area (Å²) in [6.45, 7) is 4.00. The summed E-state index contributed by atoms with van der Waals surface area (Å²) in [6.07, 6.45) is 1.34. The van der Waals surface area contributed by atoms with E-state index in [1.165, 1.54) is 11.0 Å². The standard InChI is InChI=1S/C11H14N10O2S/c1-11(2)7(8-14-17-18-15-8)21-9(23)6(10(21)24-11)13-5(22)3-20-4-12-16-19-20/h4,6-7,10H,3H2,1-2H3,(H,13,22)(H,14,15,17,18)/t6?,7?,10-/m1/s1. The number of nitrogens with zero attached hydrogens (tertiary/aromatic N) is 8. The van der Waals surface area contributed by atoms with Crippen molar-refractivity contribution in [1.29, 1.82) is 0 Å². The van der Waals surface area contributed by atoms with Crippen molar-refractivity contribution in [2.75, 3.05) is 0 Å². The van der Waals surface area contributed by atoms with Crippen molar-refractivity contribution in [3.05, 3.63) is 12.2 Å². The van der Waals surface area contributed by atoms with Crippen molar-refractivity contribution in [1.82, 2.24) is 51.0 Å².